The number of amidine groups is 2. The summed E-state index contributed by atoms with van der Waals surface area (Å²) in [5.74, 6) is 0.918. The van der Waals surface area contributed by atoms with Gasteiger partial charge in [-0.05, 0) is 33.1 Å². The molecule has 0 unspecified atom stereocenters. The summed E-state index contributed by atoms with van der Waals surface area (Å²) in [7, 11) is 0. The van der Waals surface area contributed by atoms with E-state index in [0.717, 1.165) is 21.4 Å². The molecular weight excluding hydrogens is 494 g/mol. The normalized spacial score (nSPS) is 11.3. The number of nitrogens with one attached hydrogen (secondary N) is 2. The number of pyridine rings is 1. The van der Waals surface area contributed by atoms with Crippen molar-refractivity contribution in [3.05, 3.63) is 97.6 Å². The molecule has 0 saturated heterocycles. The molecule has 0 aliphatic carbocycles. The number of imidazole rings is 1. The molecule has 6 N–H and O–H groups in total. The van der Waals surface area contributed by atoms with E-state index < -0.39 is 0 Å². The summed E-state index contributed by atoms with van der Waals surface area (Å²) in [5, 5.41) is 15.3. The van der Waals surface area contributed by atoms with Crippen molar-refractivity contribution in [1.29, 1.82) is 10.8 Å². The van der Waals surface area contributed by atoms with Crippen molar-refractivity contribution in [1.82, 2.24) is 14.1 Å². The Hall–Kier alpha value is -3.72. The van der Waals surface area contributed by atoms with Crippen LogP contribution in [0.25, 0.3) is 11.0 Å². The van der Waals surface area contributed by atoms with E-state index in [1.807, 2.05) is 48.7 Å². The molecule has 0 aliphatic rings. The summed E-state index contributed by atoms with van der Waals surface area (Å²) in [5.41, 5.74) is 15.4. The first-order valence-corrected chi connectivity index (χ1v) is 11.6. The summed E-state index contributed by atoms with van der Waals surface area (Å²) < 4.78 is 4.35. The van der Waals surface area contributed by atoms with Crippen molar-refractivity contribution >= 4 is 38.6 Å². The molecule has 0 radical (unpaired) electrons. The van der Waals surface area contributed by atoms with Crippen molar-refractivity contribution in [2.75, 3.05) is 0 Å². The number of nitrogens with zero attached hydrogens (tertiary/aromatic N) is 3. The third-order valence-electron chi connectivity index (χ3n) is 5.67. The maximum atomic E-state index is 13.7. The molecule has 0 amide bonds. The standard InChI is InChI=1S/C25H26BrN7O/c1-14(2)24-31-20-19(26)13-32(11-15-6-8-17(9-7-15)22(27)28)25(34)21(20)33(24)12-16-4-3-5-18(10-16)23(29)30/h3-10,13-14H,11-12H2,1-2H3,(H3,27,28)(H3,29,30). The number of halogens is 1. The maximum absolute atomic E-state index is 13.7. The molecule has 4 aromatic rings. The van der Waals surface area contributed by atoms with Crippen LogP contribution >= 0.6 is 15.9 Å². The van der Waals surface area contributed by atoms with Gasteiger partial charge in [0.15, 0.2) is 0 Å². The zero-order valence-corrected chi connectivity index (χ0v) is 20.6. The first-order valence-electron chi connectivity index (χ1n) is 10.8. The molecule has 0 atom stereocenters. The van der Waals surface area contributed by atoms with Crippen LogP contribution in [0.2, 0.25) is 0 Å². The zero-order valence-electron chi connectivity index (χ0n) is 19.0. The van der Waals surface area contributed by atoms with Gasteiger partial charge in [-0.1, -0.05) is 56.3 Å². The monoisotopic (exact) mass is 519 g/mol. The Bertz CT molecular complexity index is 1470. The molecule has 2 aromatic carbocycles. The summed E-state index contributed by atoms with van der Waals surface area (Å²) >= 11 is 3.61. The van der Waals surface area contributed by atoms with Crippen LogP contribution < -0.4 is 17.0 Å². The summed E-state index contributed by atoms with van der Waals surface area (Å²) in [6, 6.07) is 14.8. The second kappa shape index (κ2) is 9.26. The van der Waals surface area contributed by atoms with Crippen LogP contribution in [0.5, 0.6) is 0 Å². The van der Waals surface area contributed by atoms with Gasteiger partial charge in [0.25, 0.3) is 5.56 Å². The number of rotatable bonds is 7. The Kier molecular flexibility index (Phi) is 6.39. The molecule has 4 rings (SSSR count). The third kappa shape index (κ3) is 4.51. The highest BCUT2D eigenvalue weighted by Crippen LogP contribution is 2.27. The predicted molar refractivity (Wildman–Crippen MR) is 139 cm³/mol. The van der Waals surface area contributed by atoms with Gasteiger partial charge in [0.1, 0.15) is 28.5 Å². The molecule has 9 heteroatoms. The van der Waals surface area contributed by atoms with E-state index in [-0.39, 0.29) is 23.1 Å². The van der Waals surface area contributed by atoms with E-state index in [2.05, 4.69) is 15.9 Å². The fourth-order valence-corrected chi connectivity index (χ4v) is 4.49. The fourth-order valence-electron chi connectivity index (χ4n) is 3.97. The van der Waals surface area contributed by atoms with Crippen molar-refractivity contribution in [3.63, 3.8) is 0 Å². The summed E-state index contributed by atoms with van der Waals surface area (Å²) in [6.45, 7) is 4.90. The number of benzene rings is 2. The van der Waals surface area contributed by atoms with Gasteiger partial charge in [-0.3, -0.25) is 15.6 Å². The lowest BCUT2D eigenvalue weighted by atomic mass is 10.1. The van der Waals surface area contributed by atoms with Crippen LogP contribution in [0.4, 0.5) is 0 Å². The Morgan fingerprint density at radius 3 is 2.29 bits per heavy atom. The number of aromatic nitrogens is 3. The number of fused-ring (bicyclic) bond motifs is 1. The number of hydrogen-bond donors (Lipinski definition) is 4. The zero-order chi connectivity index (χ0) is 24.6. The Balaban J connectivity index is 1.83. The van der Waals surface area contributed by atoms with Crippen LogP contribution in [0.1, 0.15) is 47.8 Å². The minimum absolute atomic E-state index is 0.00214. The smallest absolute Gasteiger partial charge is 0.277 e. The molecular formula is C25H26BrN7O. The lowest BCUT2D eigenvalue weighted by molar-refractivity contribution is 0.677. The average molecular weight is 520 g/mol. The van der Waals surface area contributed by atoms with E-state index in [4.69, 9.17) is 27.3 Å². The highest BCUT2D eigenvalue weighted by Gasteiger charge is 2.20. The lowest BCUT2D eigenvalue weighted by Gasteiger charge is -2.13. The number of nitrogen functional groups attached to an aromatic ring is 2. The second-order valence-corrected chi connectivity index (χ2v) is 9.40. The van der Waals surface area contributed by atoms with E-state index in [0.29, 0.717) is 35.2 Å². The topological polar surface area (TPSA) is 140 Å². The van der Waals surface area contributed by atoms with Crippen molar-refractivity contribution in [2.24, 2.45) is 11.5 Å². The average Bonchev–Trinajstić information content (AvgIpc) is 3.18. The molecule has 0 saturated carbocycles. The third-order valence-corrected chi connectivity index (χ3v) is 6.25. The lowest BCUT2D eigenvalue weighted by Crippen LogP contribution is -2.23. The van der Waals surface area contributed by atoms with E-state index in [1.165, 1.54) is 0 Å². The van der Waals surface area contributed by atoms with Crippen LogP contribution in [-0.4, -0.2) is 25.8 Å². The first kappa shape index (κ1) is 23.4. The van der Waals surface area contributed by atoms with Gasteiger partial charge in [0.05, 0.1) is 11.0 Å². The van der Waals surface area contributed by atoms with Gasteiger partial charge in [-0.2, -0.15) is 0 Å². The second-order valence-electron chi connectivity index (χ2n) is 8.54. The van der Waals surface area contributed by atoms with Gasteiger partial charge < -0.3 is 20.6 Å². The van der Waals surface area contributed by atoms with Gasteiger partial charge >= 0.3 is 0 Å². The molecule has 2 heterocycles. The van der Waals surface area contributed by atoms with Gasteiger partial charge in [-0.25, -0.2) is 4.98 Å². The van der Waals surface area contributed by atoms with Gasteiger partial charge in [0, 0.05) is 29.8 Å². The highest BCUT2D eigenvalue weighted by atomic mass is 79.9. The first-order chi connectivity index (χ1) is 16.2. The molecule has 0 fully saturated rings. The van der Waals surface area contributed by atoms with Crippen LogP contribution in [0, 0.1) is 10.8 Å². The largest absolute Gasteiger partial charge is 0.384 e. The molecule has 0 spiro atoms. The SMILES string of the molecule is CC(C)c1nc2c(Br)cn(Cc3ccc(C(=N)N)cc3)c(=O)c2n1Cc1cccc(C(=N)N)c1. The van der Waals surface area contributed by atoms with Gasteiger partial charge in [0.2, 0.25) is 0 Å². The van der Waals surface area contributed by atoms with Crippen LogP contribution in [0.15, 0.2) is 64.0 Å². The molecule has 2 aromatic heterocycles. The summed E-state index contributed by atoms with van der Waals surface area (Å²) in [6.07, 6.45) is 1.77. The van der Waals surface area contributed by atoms with E-state index >= 15 is 0 Å². The number of hydrogen-bond acceptors (Lipinski definition) is 4. The van der Waals surface area contributed by atoms with Crippen molar-refractivity contribution < 1.29 is 0 Å². The molecule has 0 bridgehead atoms. The highest BCUT2D eigenvalue weighted by molar-refractivity contribution is 9.10. The minimum atomic E-state index is -0.143. The number of nitrogens with two attached hydrogens (primary N) is 2. The van der Waals surface area contributed by atoms with Crippen molar-refractivity contribution in [3.8, 4) is 0 Å². The van der Waals surface area contributed by atoms with Crippen LogP contribution in [-0.2, 0) is 13.1 Å². The molecule has 174 valence electrons. The molecule has 0 aliphatic heterocycles. The van der Waals surface area contributed by atoms with Gasteiger partial charge in [-0.15, -0.1) is 0 Å². The molecule has 34 heavy (non-hydrogen) atoms. The van der Waals surface area contributed by atoms with Crippen LogP contribution in [0.3, 0.4) is 0 Å². The fraction of sp³-hybridized carbons (Fsp3) is 0.200. The molecule has 8 nitrogen and oxygen atoms in total. The maximum Gasteiger partial charge on any atom is 0.277 e. The Labute approximate surface area is 205 Å². The minimum Gasteiger partial charge on any atom is -0.384 e. The van der Waals surface area contributed by atoms with Crippen molar-refractivity contribution in [2.45, 2.75) is 32.9 Å². The Morgan fingerprint density at radius 1 is 1.00 bits per heavy atom. The summed E-state index contributed by atoms with van der Waals surface area (Å²) in [4.78, 5) is 18.5. The van der Waals surface area contributed by atoms with E-state index in [9.17, 15) is 4.79 Å². The quantitative estimate of drug-likeness (QED) is 0.218. The van der Waals surface area contributed by atoms with E-state index in [1.54, 1.807) is 29.0 Å². The predicted octanol–water partition coefficient (Wildman–Crippen LogP) is 3.75. The Morgan fingerprint density at radius 2 is 1.68 bits per heavy atom.